The minimum atomic E-state index is -3.50. The summed E-state index contributed by atoms with van der Waals surface area (Å²) in [4.78, 5) is 12.8. The summed E-state index contributed by atoms with van der Waals surface area (Å²) in [7, 11) is -1.89. The number of benzene rings is 3. The number of rotatable bonds is 9. The van der Waals surface area contributed by atoms with Crippen molar-refractivity contribution in [3.8, 4) is 5.75 Å². The molecule has 0 aliphatic heterocycles. The van der Waals surface area contributed by atoms with Crippen molar-refractivity contribution in [1.82, 2.24) is 5.32 Å². The summed E-state index contributed by atoms with van der Waals surface area (Å²) >= 11 is 0. The van der Waals surface area contributed by atoms with Crippen LogP contribution in [0.1, 0.15) is 46.4 Å². The molecule has 174 valence electrons. The third-order valence-corrected chi connectivity index (χ3v) is 6.64. The number of hydrogen-bond donors (Lipinski definition) is 1. The second-order valence-electron chi connectivity index (χ2n) is 8.01. The largest absolute Gasteiger partial charge is 0.497 e. The van der Waals surface area contributed by atoms with E-state index in [1.807, 2.05) is 62.4 Å². The monoisotopic (exact) mass is 466 g/mol. The molecular weight excluding hydrogens is 436 g/mol. The van der Waals surface area contributed by atoms with E-state index in [9.17, 15) is 13.2 Å². The third-order valence-electron chi connectivity index (χ3n) is 5.50. The van der Waals surface area contributed by atoms with Gasteiger partial charge in [-0.3, -0.25) is 9.10 Å². The van der Waals surface area contributed by atoms with E-state index in [2.05, 4.69) is 5.32 Å². The fraction of sp³-hybridized carbons (Fsp3) is 0.269. The van der Waals surface area contributed by atoms with Crippen LogP contribution in [0.25, 0.3) is 0 Å². The van der Waals surface area contributed by atoms with Crippen LogP contribution in [0.4, 0.5) is 5.69 Å². The number of nitrogens with one attached hydrogen (secondary N) is 1. The Balaban J connectivity index is 1.76. The first-order chi connectivity index (χ1) is 15.7. The topological polar surface area (TPSA) is 75.7 Å². The van der Waals surface area contributed by atoms with Gasteiger partial charge in [-0.2, -0.15) is 0 Å². The van der Waals surface area contributed by atoms with Crippen molar-refractivity contribution in [2.45, 2.75) is 32.9 Å². The number of aryl methyl sites for hydroxylation is 1. The molecule has 0 saturated heterocycles. The number of carbonyl (C=O) groups is 1. The Hall–Kier alpha value is -3.32. The maximum atomic E-state index is 12.8. The van der Waals surface area contributed by atoms with E-state index < -0.39 is 10.0 Å². The van der Waals surface area contributed by atoms with Crippen LogP contribution in [-0.4, -0.2) is 27.7 Å². The predicted molar refractivity (Wildman–Crippen MR) is 132 cm³/mol. The van der Waals surface area contributed by atoms with E-state index in [1.54, 1.807) is 31.4 Å². The lowest BCUT2D eigenvalue weighted by Crippen LogP contribution is -2.30. The summed E-state index contributed by atoms with van der Waals surface area (Å²) in [6, 6.07) is 21.8. The molecule has 1 atom stereocenters. The Morgan fingerprint density at radius 1 is 0.970 bits per heavy atom. The van der Waals surface area contributed by atoms with Crippen molar-refractivity contribution < 1.29 is 17.9 Å². The van der Waals surface area contributed by atoms with E-state index >= 15 is 0 Å². The van der Waals surface area contributed by atoms with E-state index in [1.165, 1.54) is 10.6 Å². The van der Waals surface area contributed by atoms with Crippen LogP contribution in [0.15, 0.2) is 72.8 Å². The van der Waals surface area contributed by atoms with Crippen molar-refractivity contribution >= 4 is 21.6 Å². The van der Waals surface area contributed by atoms with Crippen LogP contribution < -0.4 is 14.4 Å². The maximum Gasteiger partial charge on any atom is 0.251 e. The molecule has 0 aliphatic carbocycles. The molecule has 0 aliphatic rings. The smallest absolute Gasteiger partial charge is 0.251 e. The van der Waals surface area contributed by atoms with Gasteiger partial charge in [-0.25, -0.2) is 8.42 Å². The number of sulfonamides is 1. The Labute approximate surface area is 196 Å². The fourth-order valence-corrected chi connectivity index (χ4v) is 4.43. The van der Waals surface area contributed by atoms with Crippen LogP contribution in [0.3, 0.4) is 0 Å². The van der Waals surface area contributed by atoms with Gasteiger partial charge < -0.3 is 10.1 Å². The molecule has 0 fully saturated rings. The van der Waals surface area contributed by atoms with Crippen molar-refractivity contribution in [3.05, 3.63) is 95.1 Å². The lowest BCUT2D eigenvalue weighted by molar-refractivity contribution is 0.0935. The second-order valence-corrected chi connectivity index (χ2v) is 9.92. The number of amides is 1. The molecule has 0 aromatic heterocycles. The molecule has 1 amide bonds. The highest BCUT2D eigenvalue weighted by molar-refractivity contribution is 7.92. The van der Waals surface area contributed by atoms with Crippen LogP contribution in [0, 0.1) is 6.92 Å². The SMILES string of the molecule is CC[C@@H](NC(=O)c1ccc(N(Cc2ccc(C)cc2)S(C)(=O)=O)cc1)c1ccc(OC)cc1. The zero-order valence-electron chi connectivity index (χ0n) is 19.4. The first kappa shape index (κ1) is 24.3. The van der Waals surface area contributed by atoms with Gasteiger partial charge in [-0.05, 0) is 60.9 Å². The minimum absolute atomic E-state index is 0.142. The number of carbonyl (C=O) groups excluding carboxylic acids is 1. The molecule has 0 radical (unpaired) electrons. The molecule has 6 nitrogen and oxygen atoms in total. The molecule has 3 aromatic rings. The number of hydrogen-bond acceptors (Lipinski definition) is 4. The van der Waals surface area contributed by atoms with Crippen molar-refractivity contribution in [2.24, 2.45) is 0 Å². The molecule has 3 rings (SSSR count). The maximum absolute atomic E-state index is 12.8. The molecule has 1 N–H and O–H groups in total. The molecule has 0 unspecified atom stereocenters. The summed E-state index contributed by atoms with van der Waals surface area (Å²) in [5, 5.41) is 3.05. The van der Waals surface area contributed by atoms with Gasteiger partial charge in [0, 0.05) is 5.56 Å². The van der Waals surface area contributed by atoms with E-state index in [4.69, 9.17) is 4.74 Å². The van der Waals surface area contributed by atoms with Crippen LogP contribution in [0.5, 0.6) is 5.75 Å². The Bertz CT molecular complexity index is 1170. The molecule has 0 saturated carbocycles. The molecule has 0 bridgehead atoms. The standard InChI is InChI=1S/C26H30N2O4S/c1-5-25(21-12-16-24(32-3)17-13-21)27-26(29)22-10-14-23(15-11-22)28(33(4,30)31)18-20-8-6-19(2)7-9-20/h6-17,25H,5,18H2,1-4H3,(H,27,29)/t25-/m1/s1. The lowest BCUT2D eigenvalue weighted by atomic mass is 10.0. The molecule has 0 spiro atoms. The van der Waals surface area contributed by atoms with Crippen LogP contribution in [-0.2, 0) is 16.6 Å². The fourth-order valence-electron chi connectivity index (χ4n) is 3.54. The quantitative estimate of drug-likeness (QED) is 0.489. The molecule has 3 aromatic carbocycles. The number of ether oxygens (including phenoxy) is 1. The number of nitrogens with zero attached hydrogens (tertiary/aromatic N) is 1. The van der Waals surface area contributed by atoms with Gasteiger partial charge in [0.2, 0.25) is 10.0 Å². The summed E-state index contributed by atoms with van der Waals surface area (Å²) in [6.45, 7) is 4.22. The summed E-state index contributed by atoms with van der Waals surface area (Å²) in [5.41, 5.74) is 3.97. The Morgan fingerprint density at radius 2 is 1.58 bits per heavy atom. The molecule has 7 heteroatoms. The summed E-state index contributed by atoms with van der Waals surface area (Å²) < 4.78 is 31.4. The average molecular weight is 467 g/mol. The summed E-state index contributed by atoms with van der Waals surface area (Å²) in [6.07, 6.45) is 1.91. The zero-order chi connectivity index (χ0) is 24.0. The number of anilines is 1. The van der Waals surface area contributed by atoms with Gasteiger partial charge in [0.25, 0.3) is 5.91 Å². The first-order valence-electron chi connectivity index (χ1n) is 10.8. The summed E-state index contributed by atoms with van der Waals surface area (Å²) in [5.74, 6) is 0.547. The Kier molecular flexibility index (Phi) is 7.76. The Morgan fingerprint density at radius 3 is 2.09 bits per heavy atom. The lowest BCUT2D eigenvalue weighted by Gasteiger charge is -2.23. The van der Waals surface area contributed by atoms with Gasteiger partial charge in [0.05, 0.1) is 31.6 Å². The predicted octanol–water partition coefficient (Wildman–Crippen LogP) is 4.85. The minimum Gasteiger partial charge on any atom is -0.497 e. The van der Waals surface area contributed by atoms with E-state index in [0.29, 0.717) is 11.3 Å². The zero-order valence-corrected chi connectivity index (χ0v) is 20.2. The molecule has 33 heavy (non-hydrogen) atoms. The van der Waals surface area contributed by atoms with Gasteiger partial charge in [0.1, 0.15) is 5.75 Å². The third kappa shape index (κ3) is 6.35. The average Bonchev–Trinajstić information content (AvgIpc) is 2.81. The van der Waals surface area contributed by atoms with Crippen LogP contribution in [0.2, 0.25) is 0 Å². The highest BCUT2D eigenvalue weighted by Crippen LogP contribution is 2.23. The van der Waals surface area contributed by atoms with E-state index in [0.717, 1.165) is 28.9 Å². The molecular formula is C26H30N2O4S. The van der Waals surface area contributed by atoms with Gasteiger partial charge in [-0.1, -0.05) is 48.9 Å². The van der Waals surface area contributed by atoms with Gasteiger partial charge in [-0.15, -0.1) is 0 Å². The highest BCUT2D eigenvalue weighted by atomic mass is 32.2. The van der Waals surface area contributed by atoms with E-state index in [-0.39, 0.29) is 18.5 Å². The normalized spacial score (nSPS) is 12.1. The van der Waals surface area contributed by atoms with Crippen molar-refractivity contribution in [1.29, 1.82) is 0 Å². The molecule has 0 heterocycles. The first-order valence-corrected chi connectivity index (χ1v) is 12.6. The second kappa shape index (κ2) is 10.5. The van der Waals surface area contributed by atoms with Crippen LogP contribution >= 0.6 is 0 Å². The number of methoxy groups -OCH3 is 1. The highest BCUT2D eigenvalue weighted by Gasteiger charge is 2.19. The van der Waals surface area contributed by atoms with Crippen molar-refractivity contribution in [2.75, 3.05) is 17.7 Å². The van der Waals surface area contributed by atoms with Gasteiger partial charge >= 0.3 is 0 Å². The van der Waals surface area contributed by atoms with Gasteiger partial charge in [0.15, 0.2) is 0 Å². The van der Waals surface area contributed by atoms with Crippen molar-refractivity contribution in [3.63, 3.8) is 0 Å².